The lowest BCUT2D eigenvalue weighted by molar-refractivity contribution is -0.141. The number of aliphatic carboxylic acids is 1. The molecule has 1 aliphatic heterocycles. The molecule has 2 atom stereocenters. The highest BCUT2D eigenvalue weighted by Gasteiger charge is 2.32. The van der Waals surface area contributed by atoms with Gasteiger partial charge in [-0.3, -0.25) is 4.79 Å². The fourth-order valence-corrected chi connectivity index (χ4v) is 2.65. The van der Waals surface area contributed by atoms with Gasteiger partial charge in [0.2, 0.25) is 0 Å². The van der Waals surface area contributed by atoms with Gasteiger partial charge in [-0.15, -0.1) is 0 Å². The number of rotatable bonds is 3. The predicted octanol–water partition coefficient (Wildman–Crippen LogP) is 2.05. The van der Waals surface area contributed by atoms with Crippen LogP contribution in [-0.4, -0.2) is 24.7 Å². The first-order valence-electron chi connectivity index (χ1n) is 6.15. The molecule has 0 amide bonds. The molecule has 0 aliphatic carbocycles. The quantitative estimate of drug-likeness (QED) is 0.860. The highest BCUT2D eigenvalue weighted by Crippen LogP contribution is 2.37. The maximum absolute atomic E-state index is 11.0. The lowest BCUT2D eigenvalue weighted by atomic mass is 9.94. The Morgan fingerprint density at radius 2 is 2.06 bits per heavy atom. The molecule has 4 nitrogen and oxygen atoms in total. The Labute approximate surface area is 107 Å². The van der Waals surface area contributed by atoms with Crippen molar-refractivity contribution in [1.29, 1.82) is 0 Å². The lowest BCUT2D eigenvalue weighted by Crippen LogP contribution is -2.18. The molecule has 2 unspecified atom stereocenters. The van der Waals surface area contributed by atoms with Crippen LogP contribution >= 0.6 is 0 Å². The van der Waals surface area contributed by atoms with Crippen LogP contribution in [0.15, 0.2) is 12.1 Å². The highest BCUT2D eigenvalue weighted by molar-refractivity contribution is 5.71. The van der Waals surface area contributed by atoms with Crippen LogP contribution in [0, 0.1) is 19.8 Å². The number of hydrogen-bond donors (Lipinski definition) is 2. The van der Waals surface area contributed by atoms with Gasteiger partial charge < -0.3 is 15.2 Å². The largest absolute Gasteiger partial charge is 0.496 e. The second kappa shape index (κ2) is 4.98. The Morgan fingerprint density at radius 3 is 2.61 bits per heavy atom. The second-order valence-corrected chi connectivity index (χ2v) is 4.88. The van der Waals surface area contributed by atoms with Crippen LogP contribution in [0.3, 0.4) is 0 Å². The summed E-state index contributed by atoms with van der Waals surface area (Å²) in [6.07, 6.45) is 0.621. The van der Waals surface area contributed by atoms with Gasteiger partial charge in [0.05, 0.1) is 13.0 Å². The van der Waals surface area contributed by atoms with E-state index in [0.29, 0.717) is 13.0 Å². The number of carboxylic acid groups (broad SMARTS) is 1. The van der Waals surface area contributed by atoms with E-state index in [1.807, 2.05) is 19.9 Å². The maximum atomic E-state index is 11.0. The number of hydrogen-bond acceptors (Lipinski definition) is 3. The van der Waals surface area contributed by atoms with Crippen LogP contribution in [0.4, 0.5) is 0 Å². The molecule has 1 aromatic carbocycles. The number of methoxy groups -OCH3 is 1. The molecule has 0 saturated carbocycles. The molecule has 0 radical (unpaired) electrons. The van der Waals surface area contributed by atoms with Crippen molar-refractivity contribution in [2.24, 2.45) is 5.92 Å². The van der Waals surface area contributed by atoms with E-state index in [2.05, 4.69) is 11.4 Å². The zero-order valence-electron chi connectivity index (χ0n) is 11.0. The molecule has 4 heteroatoms. The highest BCUT2D eigenvalue weighted by atomic mass is 16.5. The zero-order chi connectivity index (χ0) is 13.3. The van der Waals surface area contributed by atoms with Crippen molar-refractivity contribution in [1.82, 2.24) is 5.32 Å². The van der Waals surface area contributed by atoms with Crippen molar-refractivity contribution in [2.45, 2.75) is 26.3 Å². The van der Waals surface area contributed by atoms with Crippen LogP contribution in [0.1, 0.15) is 29.2 Å². The summed E-state index contributed by atoms with van der Waals surface area (Å²) in [7, 11) is 1.66. The van der Waals surface area contributed by atoms with Crippen LogP contribution < -0.4 is 10.1 Å². The Balaban J connectivity index is 2.34. The summed E-state index contributed by atoms with van der Waals surface area (Å²) < 4.78 is 5.48. The van der Waals surface area contributed by atoms with Gasteiger partial charge in [-0.05, 0) is 31.4 Å². The van der Waals surface area contributed by atoms with Crippen LogP contribution in [0.25, 0.3) is 0 Å². The predicted molar refractivity (Wildman–Crippen MR) is 69.0 cm³/mol. The minimum atomic E-state index is -0.728. The molecule has 18 heavy (non-hydrogen) atoms. The van der Waals surface area contributed by atoms with Gasteiger partial charge in [-0.1, -0.05) is 12.1 Å². The SMILES string of the molecule is COc1c(C)ccc(C)c1C1CC(C(=O)O)CN1. The van der Waals surface area contributed by atoms with E-state index in [0.717, 1.165) is 22.4 Å². The summed E-state index contributed by atoms with van der Waals surface area (Å²) in [4.78, 5) is 11.0. The van der Waals surface area contributed by atoms with Crippen molar-refractivity contribution in [3.8, 4) is 5.75 Å². The van der Waals surface area contributed by atoms with Crippen molar-refractivity contribution in [3.05, 3.63) is 28.8 Å². The van der Waals surface area contributed by atoms with Crippen LogP contribution in [-0.2, 0) is 4.79 Å². The Hall–Kier alpha value is -1.55. The Bertz CT molecular complexity index is 470. The van der Waals surface area contributed by atoms with E-state index in [1.54, 1.807) is 7.11 Å². The average molecular weight is 249 g/mol. The lowest BCUT2D eigenvalue weighted by Gasteiger charge is -2.19. The van der Waals surface area contributed by atoms with E-state index >= 15 is 0 Å². The number of aryl methyl sites for hydroxylation is 2. The summed E-state index contributed by atoms with van der Waals surface area (Å²) >= 11 is 0. The van der Waals surface area contributed by atoms with Crippen molar-refractivity contribution in [3.63, 3.8) is 0 Å². The molecular weight excluding hydrogens is 230 g/mol. The van der Waals surface area contributed by atoms with E-state index in [1.165, 1.54) is 0 Å². The molecule has 1 aromatic rings. The minimum Gasteiger partial charge on any atom is -0.496 e. The van der Waals surface area contributed by atoms with Gasteiger partial charge in [-0.25, -0.2) is 0 Å². The fourth-order valence-electron chi connectivity index (χ4n) is 2.65. The molecule has 1 aliphatic rings. The zero-order valence-corrected chi connectivity index (χ0v) is 11.0. The topological polar surface area (TPSA) is 58.6 Å². The van der Waals surface area contributed by atoms with E-state index in [9.17, 15) is 4.79 Å². The molecule has 2 rings (SSSR count). The number of benzene rings is 1. The van der Waals surface area contributed by atoms with Gasteiger partial charge >= 0.3 is 5.97 Å². The molecule has 1 fully saturated rings. The summed E-state index contributed by atoms with van der Waals surface area (Å²) in [6, 6.07) is 4.16. The Morgan fingerprint density at radius 1 is 1.39 bits per heavy atom. The van der Waals surface area contributed by atoms with Gasteiger partial charge in [-0.2, -0.15) is 0 Å². The second-order valence-electron chi connectivity index (χ2n) is 4.88. The molecule has 0 bridgehead atoms. The maximum Gasteiger partial charge on any atom is 0.307 e. The van der Waals surface area contributed by atoms with E-state index in [-0.39, 0.29) is 12.0 Å². The number of carbonyl (C=O) groups is 1. The molecule has 98 valence electrons. The summed E-state index contributed by atoms with van der Waals surface area (Å²) in [6.45, 7) is 4.56. The monoisotopic (exact) mass is 249 g/mol. The van der Waals surface area contributed by atoms with Crippen molar-refractivity contribution >= 4 is 5.97 Å². The third-order valence-electron chi connectivity index (χ3n) is 3.64. The summed E-state index contributed by atoms with van der Waals surface area (Å²) in [5, 5.41) is 12.3. The smallest absolute Gasteiger partial charge is 0.307 e. The average Bonchev–Trinajstić information content (AvgIpc) is 2.81. The minimum absolute atomic E-state index is 0.0703. The van der Waals surface area contributed by atoms with Crippen LogP contribution in [0.5, 0.6) is 5.75 Å². The van der Waals surface area contributed by atoms with Gasteiger partial charge in [0.1, 0.15) is 5.75 Å². The molecule has 1 heterocycles. The number of ether oxygens (including phenoxy) is 1. The number of nitrogens with one attached hydrogen (secondary N) is 1. The first kappa shape index (κ1) is 12.9. The van der Waals surface area contributed by atoms with E-state index in [4.69, 9.17) is 9.84 Å². The summed E-state index contributed by atoms with van der Waals surface area (Å²) in [5.74, 6) is -0.160. The molecule has 0 spiro atoms. The van der Waals surface area contributed by atoms with Crippen molar-refractivity contribution in [2.75, 3.05) is 13.7 Å². The molecular formula is C14H19NO3. The standard InChI is InChI=1S/C14H19NO3/c1-8-4-5-9(2)13(18-3)12(8)11-6-10(7-15-11)14(16)17/h4-5,10-11,15H,6-7H2,1-3H3,(H,16,17). The van der Waals surface area contributed by atoms with Gasteiger partial charge in [0.25, 0.3) is 0 Å². The molecule has 0 aromatic heterocycles. The fraction of sp³-hybridized carbons (Fsp3) is 0.500. The first-order valence-corrected chi connectivity index (χ1v) is 6.15. The van der Waals surface area contributed by atoms with Gasteiger partial charge in [0.15, 0.2) is 0 Å². The van der Waals surface area contributed by atoms with Crippen LogP contribution in [0.2, 0.25) is 0 Å². The molecule has 2 N–H and O–H groups in total. The summed E-state index contributed by atoms with van der Waals surface area (Å²) in [5.41, 5.74) is 3.32. The third kappa shape index (κ3) is 2.20. The van der Waals surface area contributed by atoms with E-state index < -0.39 is 5.97 Å². The van der Waals surface area contributed by atoms with Crippen molar-refractivity contribution < 1.29 is 14.6 Å². The third-order valence-corrected chi connectivity index (χ3v) is 3.64. The van der Waals surface area contributed by atoms with Gasteiger partial charge in [0, 0.05) is 18.2 Å². The Kier molecular flexibility index (Phi) is 3.57. The molecule has 1 saturated heterocycles. The normalized spacial score (nSPS) is 23.1. The first-order chi connectivity index (χ1) is 8.54. The number of carboxylic acids is 1.